The Morgan fingerprint density at radius 3 is 2.74 bits per heavy atom. The molecule has 0 aliphatic heterocycles. The van der Waals surface area contributed by atoms with Gasteiger partial charge in [-0.3, -0.25) is 9.78 Å². The molecule has 1 aromatic carbocycles. The van der Waals surface area contributed by atoms with Crippen LogP contribution in [0, 0.1) is 18.6 Å². The molecule has 0 spiro atoms. The summed E-state index contributed by atoms with van der Waals surface area (Å²) in [6, 6.07) is 5.73. The van der Waals surface area contributed by atoms with Crippen molar-refractivity contribution in [2.24, 2.45) is 5.73 Å². The summed E-state index contributed by atoms with van der Waals surface area (Å²) in [7, 11) is 0. The largest absolute Gasteiger partial charge is 0.380 e. The predicted molar refractivity (Wildman–Crippen MR) is 96.6 cm³/mol. The first-order valence-corrected chi connectivity index (χ1v) is 9.00. The molecule has 1 fully saturated rings. The Kier molecular flexibility index (Phi) is 4.11. The number of aromatic nitrogens is 1. The number of allylic oxidation sites excluding steroid dienone is 1. The van der Waals surface area contributed by atoms with Gasteiger partial charge in [0.25, 0.3) is 0 Å². The minimum Gasteiger partial charge on any atom is -0.380 e. The van der Waals surface area contributed by atoms with Gasteiger partial charge in [0.2, 0.25) is 5.91 Å². The molecule has 2 aromatic rings. The van der Waals surface area contributed by atoms with Gasteiger partial charge < -0.3 is 10.8 Å². The fraction of sp³-hybridized carbons (Fsp3) is 0.333. The lowest BCUT2D eigenvalue weighted by atomic mass is 9.83. The number of benzene rings is 1. The summed E-state index contributed by atoms with van der Waals surface area (Å²) in [6.45, 7) is 1.55. The van der Waals surface area contributed by atoms with Gasteiger partial charge in [-0.2, -0.15) is 0 Å². The molecule has 4 nitrogen and oxygen atoms in total. The first-order chi connectivity index (χ1) is 12.8. The van der Waals surface area contributed by atoms with Gasteiger partial charge in [0.05, 0.1) is 17.5 Å². The standard InChI is InChI=1S/C21H20F2N2O2/c1-11-16(3-2-4-17(11)23)21(27)8-7-14(18(21)20(24)26)15-9-13(22)10-25-19(15)12-5-6-12/h2-4,9-10,12,27H,5-8H2,1H3,(H2,24,26)/t21-/m0/s1. The molecular weight excluding hydrogens is 350 g/mol. The SMILES string of the molecule is Cc1c(F)cccc1[C@@]1(O)CCC(c2cc(F)cnc2C2CC2)=C1C(N)=O. The van der Waals surface area contributed by atoms with Crippen molar-refractivity contribution >= 4 is 11.5 Å². The molecule has 140 valence electrons. The summed E-state index contributed by atoms with van der Waals surface area (Å²) in [5.74, 6) is -1.54. The second-order valence-corrected chi connectivity index (χ2v) is 7.35. The van der Waals surface area contributed by atoms with E-state index in [-0.39, 0.29) is 23.5 Å². The molecule has 1 heterocycles. The zero-order valence-corrected chi connectivity index (χ0v) is 14.9. The number of amides is 1. The van der Waals surface area contributed by atoms with E-state index in [2.05, 4.69) is 4.98 Å². The molecule has 0 saturated heterocycles. The molecule has 1 atom stereocenters. The zero-order chi connectivity index (χ0) is 19.3. The molecule has 4 rings (SSSR count). The van der Waals surface area contributed by atoms with Gasteiger partial charge in [-0.15, -0.1) is 0 Å². The average molecular weight is 370 g/mol. The quantitative estimate of drug-likeness (QED) is 0.865. The van der Waals surface area contributed by atoms with E-state index in [1.165, 1.54) is 24.4 Å². The second kappa shape index (κ2) is 6.23. The van der Waals surface area contributed by atoms with Crippen LogP contribution in [-0.4, -0.2) is 16.0 Å². The van der Waals surface area contributed by atoms with Crippen LogP contribution in [-0.2, 0) is 10.4 Å². The van der Waals surface area contributed by atoms with E-state index in [1.54, 1.807) is 13.0 Å². The molecule has 0 bridgehead atoms. The number of pyridine rings is 1. The predicted octanol–water partition coefficient (Wildman–Crippen LogP) is 3.47. The van der Waals surface area contributed by atoms with Crippen LogP contribution in [0.2, 0.25) is 0 Å². The lowest BCUT2D eigenvalue weighted by Crippen LogP contribution is -2.33. The maximum absolute atomic E-state index is 14.1. The third-order valence-electron chi connectivity index (χ3n) is 5.59. The van der Waals surface area contributed by atoms with Crippen molar-refractivity contribution in [2.75, 3.05) is 0 Å². The highest BCUT2D eigenvalue weighted by Gasteiger charge is 2.46. The average Bonchev–Trinajstić information content (AvgIpc) is 3.39. The van der Waals surface area contributed by atoms with Crippen LogP contribution in [0.5, 0.6) is 0 Å². The Morgan fingerprint density at radius 2 is 2.07 bits per heavy atom. The van der Waals surface area contributed by atoms with Crippen LogP contribution in [0.25, 0.3) is 5.57 Å². The second-order valence-electron chi connectivity index (χ2n) is 7.35. The fourth-order valence-electron chi connectivity index (χ4n) is 4.13. The lowest BCUT2D eigenvalue weighted by Gasteiger charge is -2.27. The van der Waals surface area contributed by atoms with Crippen molar-refractivity contribution in [3.05, 3.63) is 70.1 Å². The Bertz CT molecular complexity index is 982. The van der Waals surface area contributed by atoms with E-state index in [0.29, 0.717) is 23.1 Å². The summed E-state index contributed by atoms with van der Waals surface area (Å²) in [4.78, 5) is 16.6. The summed E-state index contributed by atoms with van der Waals surface area (Å²) < 4.78 is 28.0. The van der Waals surface area contributed by atoms with Crippen LogP contribution in [0.15, 0.2) is 36.0 Å². The zero-order valence-electron chi connectivity index (χ0n) is 14.9. The molecule has 0 radical (unpaired) electrons. The van der Waals surface area contributed by atoms with Crippen molar-refractivity contribution in [1.29, 1.82) is 0 Å². The minimum absolute atomic E-state index is 0.00509. The summed E-state index contributed by atoms with van der Waals surface area (Å²) >= 11 is 0. The number of nitrogens with zero attached hydrogens (tertiary/aromatic N) is 1. The van der Waals surface area contributed by atoms with E-state index in [0.717, 1.165) is 18.5 Å². The normalized spacial score (nSPS) is 22.4. The summed E-state index contributed by atoms with van der Waals surface area (Å²) in [5.41, 5.74) is 6.27. The molecule has 1 amide bonds. The number of nitrogens with two attached hydrogens (primary N) is 1. The molecule has 3 N–H and O–H groups in total. The first-order valence-electron chi connectivity index (χ1n) is 9.00. The lowest BCUT2D eigenvalue weighted by molar-refractivity contribution is -0.116. The van der Waals surface area contributed by atoms with Crippen molar-refractivity contribution in [2.45, 2.75) is 44.1 Å². The molecular formula is C21H20F2N2O2. The number of carbonyl (C=O) groups is 1. The van der Waals surface area contributed by atoms with Crippen molar-refractivity contribution in [1.82, 2.24) is 4.98 Å². The Labute approximate surface area is 155 Å². The molecule has 6 heteroatoms. The van der Waals surface area contributed by atoms with Crippen LogP contribution in [0.1, 0.15) is 54.0 Å². The molecule has 27 heavy (non-hydrogen) atoms. The Balaban J connectivity index is 1.94. The summed E-state index contributed by atoms with van der Waals surface area (Å²) in [5, 5.41) is 11.4. The fourth-order valence-corrected chi connectivity index (χ4v) is 4.13. The van der Waals surface area contributed by atoms with Gasteiger partial charge in [-0.25, -0.2) is 8.78 Å². The number of carbonyl (C=O) groups excluding carboxylic acids is 1. The first kappa shape index (κ1) is 17.8. The minimum atomic E-state index is -1.71. The molecule has 1 aromatic heterocycles. The van der Waals surface area contributed by atoms with Crippen LogP contribution in [0.3, 0.4) is 0 Å². The van der Waals surface area contributed by atoms with Gasteiger partial charge in [0.1, 0.15) is 17.2 Å². The number of rotatable bonds is 4. The van der Waals surface area contributed by atoms with E-state index in [1.807, 2.05) is 0 Å². The third-order valence-corrected chi connectivity index (χ3v) is 5.59. The van der Waals surface area contributed by atoms with Gasteiger partial charge in [-0.1, -0.05) is 12.1 Å². The van der Waals surface area contributed by atoms with Crippen molar-refractivity contribution in [3.8, 4) is 0 Å². The summed E-state index contributed by atoms with van der Waals surface area (Å²) in [6.07, 6.45) is 3.58. The van der Waals surface area contributed by atoms with Gasteiger partial charge >= 0.3 is 0 Å². The monoisotopic (exact) mass is 370 g/mol. The molecule has 0 unspecified atom stereocenters. The van der Waals surface area contributed by atoms with E-state index in [9.17, 15) is 18.7 Å². The van der Waals surface area contributed by atoms with Crippen molar-refractivity contribution in [3.63, 3.8) is 0 Å². The molecule has 1 saturated carbocycles. The number of primary amides is 1. The Morgan fingerprint density at radius 1 is 1.33 bits per heavy atom. The number of halogens is 2. The smallest absolute Gasteiger partial charge is 0.248 e. The number of hydrogen-bond acceptors (Lipinski definition) is 3. The maximum atomic E-state index is 14.1. The topological polar surface area (TPSA) is 76.2 Å². The van der Waals surface area contributed by atoms with E-state index in [4.69, 9.17) is 5.73 Å². The molecule has 2 aliphatic rings. The van der Waals surface area contributed by atoms with Crippen LogP contribution in [0.4, 0.5) is 8.78 Å². The number of hydrogen-bond donors (Lipinski definition) is 2. The van der Waals surface area contributed by atoms with Gasteiger partial charge in [-0.05, 0) is 61.4 Å². The van der Waals surface area contributed by atoms with Crippen LogP contribution < -0.4 is 5.73 Å². The highest BCUT2D eigenvalue weighted by atomic mass is 19.1. The number of aliphatic hydroxyl groups is 1. The maximum Gasteiger partial charge on any atom is 0.248 e. The Hall–Kier alpha value is -2.60. The van der Waals surface area contributed by atoms with E-state index < -0.39 is 23.1 Å². The highest BCUT2D eigenvalue weighted by Crippen LogP contribution is 2.50. The van der Waals surface area contributed by atoms with Gasteiger partial charge in [0, 0.05) is 11.5 Å². The molecule has 2 aliphatic carbocycles. The third kappa shape index (κ3) is 2.84. The highest BCUT2D eigenvalue weighted by molar-refractivity contribution is 6.04. The van der Waals surface area contributed by atoms with Gasteiger partial charge in [0.15, 0.2) is 0 Å². The van der Waals surface area contributed by atoms with E-state index >= 15 is 0 Å². The van der Waals surface area contributed by atoms with Crippen molar-refractivity contribution < 1.29 is 18.7 Å². The van der Waals surface area contributed by atoms with Crippen LogP contribution >= 0.6 is 0 Å².